The third-order valence-electron chi connectivity index (χ3n) is 7.20. The van der Waals surface area contributed by atoms with Gasteiger partial charge in [-0.1, -0.05) is 51.9 Å². The van der Waals surface area contributed by atoms with Gasteiger partial charge in [-0.15, -0.1) is 5.10 Å². The van der Waals surface area contributed by atoms with Gasteiger partial charge in [-0.05, 0) is 42.5 Å². The van der Waals surface area contributed by atoms with Crippen molar-refractivity contribution in [2.45, 2.75) is 102 Å². The molecule has 1 atom stereocenters. The molecule has 0 radical (unpaired) electrons. The van der Waals surface area contributed by atoms with Gasteiger partial charge in [0.15, 0.2) is 5.82 Å². The van der Waals surface area contributed by atoms with Crippen LogP contribution in [0.2, 0.25) is 0 Å². The van der Waals surface area contributed by atoms with Gasteiger partial charge in [0.2, 0.25) is 0 Å². The largest absolute Gasteiger partial charge is 0.298 e. The van der Waals surface area contributed by atoms with E-state index < -0.39 is 0 Å². The fourth-order valence-electron chi connectivity index (χ4n) is 5.56. The van der Waals surface area contributed by atoms with Crippen molar-refractivity contribution in [3.05, 3.63) is 5.82 Å². The lowest BCUT2D eigenvalue weighted by molar-refractivity contribution is 0.0610. The molecule has 1 aromatic heterocycles. The van der Waals surface area contributed by atoms with Crippen LogP contribution in [0.5, 0.6) is 0 Å². The van der Waals surface area contributed by atoms with Crippen molar-refractivity contribution in [3.63, 3.8) is 0 Å². The average molecular weight is 375 g/mol. The molecule has 0 amide bonds. The van der Waals surface area contributed by atoms with Crippen LogP contribution in [0.4, 0.5) is 0 Å². The van der Waals surface area contributed by atoms with E-state index in [1.54, 1.807) is 0 Å². The highest BCUT2D eigenvalue weighted by Crippen LogP contribution is 2.33. The van der Waals surface area contributed by atoms with Crippen LogP contribution in [0.1, 0.15) is 102 Å². The molecule has 3 aliphatic rings. The van der Waals surface area contributed by atoms with Crippen molar-refractivity contribution >= 4 is 0 Å². The van der Waals surface area contributed by atoms with E-state index in [4.69, 9.17) is 0 Å². The summed E-state index contributed by atoms with van der Waals surface area (Å²) in [7, 11) is 0. The topological polar surface area (TPSA) is 50.1 Å². The number of unbranched alkanes of at least 4 members (excludes halogenated alkanes) is 1. The molecule has 2 aliphatic carbocycles. The van der Waals surface area contributed by atoms with E-state index in [-0.39, 0.29) is 0 Å². The highest BCUT2D eigenvalue weighted by Gasteiger charge is 2.33. The van der Waals surface area contributed by atoms with Crippen molar-refractivity contribution in [3.8, 4) is 0 Å². The predicted molar refractivity (Wildman–Crippen MR) is 108 cm³/mol. The zero-order valence-electron chi connectivity index (χ0n) is 17.2. The normalized spacial score (nSPS) is 25.2. The molecule has 1 aromatic rings. The molecule has 4 rings (SSSR count). The first-order valence-corrected chi connectivity index (χ1v) is 11.6. The van der Waals surface area contributed by atoms with Crippen LogP contribution < -0.4 is 0 Å². The second kappa shape index (κ2) is 9.46. The van der Waals surface area contributed by atoms with E-state index in [1.165, 1.54) is 103 Å². The molecule has 152 valence electrons. The molecule has 1 saturated heterocycles. The zero-order valence-corrected chi connectivity index (χ0v) is 17.2. The molecular weight excluding hydrogens is 336 g/mol. The van der Waals surface area contributed by atoms with Crippen LogP contribution in [-0.4, -0.2) is 62.2 Å². The second-order valence-electron chi connectivity index (χ2n) is 8.94. The van der Waals surface area contributed by atoms with Gasteiger partial charge in [0, 0.05) is 32.2 Å². The van der Waals surface area contributed by atoms with E-state index in [2.05, 4.69) is 36.9 Å². The van der Waals surface area contributed by atoms with Gasteiger partial charge in [0.1, 0.15) is 0 Å². The minimum absolute atomic E-state index is 0.396. The molecule has 2 saturated carbocycles. The Hall–Kier alpha value is -1.01. The predicted octanol–water partition coefficient (Wildman–Crippen LogP) is 3.97. The number of hydrogen-bond acceptors (Lipinski definition) is 5. The summed E-state index contributed by atoms with van der Waals surface area (Å²) < 4.78 is 2.21. The van der Waals surface area contributed by atoms with E-state index in [9.17, 15) is 0 Å². The first-order chi connectivity index (χ1) is 13.4. The number of nitrogens with zero attached hydrogens (tertiary/aromatic N) is 6. The van der Waals surface area contributed by atoms with Crippen LogP contribution in [-0.2, 0) is 0 Å². The van der Waals surface area contributed by atoms with E-state index in [0.717, 1.165) is 11.9 Å². The Balaban J connectivity index is 1.45. The van der Waals surface area contributed by atoms with Crippen molar-refractivity contribution in [1.82, 2.24) is 30.0 Å². The van der Waals surface area contributed by atoms with Crippen LogP contribution in [0.15, 0.2) is 0 Å². The molecule has 0 aromatic carbocycles. The Labute approximate surface area is 164 Å². The van der Waals surface area contributed by atoms with Crippen molar-refractivity contribution in [2.24, 2.45) is 0 Å². The second-order valence-corrected chi connectivity index (χ2v) is 8.94. The Morgan fingerprint density at radius 3 is 2.26 bits per heavy atom. The lowest BCUT2D eigenvalue weighted by atomic mass is 9.95. The minimum Gasteiger partial charge on any atom is -0.298 e. The SMILES string of the molecule is CCCC[C@H](c1nnnn1C1CCCCC1)N1CCN(C2CCCC2)CC1. The molecule has 0 spiro atoms. The fraction of sp³-hybridized carbons (Fsp3) is 0.952. The number of hydrogen-bond donors (Lipinski definition) is 0. The molecule has 6 nitrogen and oxygen atoms in total. The molecule has 0 bridgehead atoms. The van der Waals surface area contributed by atoms with E-state index in [1.807, 2.05) is 0 Å². The quantitative estimate of drug-likeness (QED) is 0.723. The van der Waals surface area contributed by atoms with Gasteiger partial charge in [-0.2, -0.15) is 0 Å². The average Bonchev–Trinajstić information content (AvgIpc) is 3.42. The van der Waals surface area contributed by atoms with Gasteiger partial charge in [-0.25, -0.2) is 4.68 Å². The Kier molecular flexibility index (Phi) is 6.77. The highest BCUT2D eigenvalue weighted by molar-refractivity contribution is 4.98. The molecule has 3 fully saturated rings. The van der Waals surface area contributed by atoms with Crippen LogP contribution in [0.3, 0.4) is 0 Å². The summed E-state index contributed by atoms with van der Waals surface area (Å²) in [5, 5.41) is 13.1. The maximum Gasteiger partial charge on any atom is 0.168 e. The minimum atomic E-state index is 0.396. The summed E-state index contributed by atoms with van der Waals surface area (Å²) in [6.07, 6.45) is 15.9. The number of piperazine rings is 1. The summed E-state index contributed by atoms with van der Waals surface area (Å²) in [6.45, 7) is 7.07. The van der Waals surface area contributed by atoms with E-state index >= 15 is 0 Å². The summed E-state index contributed by atoms with van der Waals surface area (Å²) in [5.74, 6) is 1.14. The van der Waals surface area contributed by atoms with Crippen LogP contribution >= 0.6 is 0 Å². The van der Waals surface area contributed by atoms with E-state index in [0.29, 0.717) is 12.1 Å². The monoisotopic (exact) mass is 374 g/mol. The van der Waals surface area contributed by atoms with Crippen molar-refractivity contribution < 1.29 is 0 Å². The standard InChI is InChI=1S/C21H38N6/c1-2-3-13-20(21-22-23-24-27(21)19-11-5-4-6-12-19)26-16-14-25(15-17-26)18-9-7-8-10-18/h18-20H,2-17H2,1H3/t20-/m1/s1. The third kappa shape index (κ3) is 4.53. The Morgan fingerprint density at radius 2 is 1.56 bits per heavy atom. The van der Waals surface area contributed by atoms with Crippen molar-refractivity contribution in [2.75, 3.05) is 26.2 Å². The van der Waals surface area contributed by atoms with Gasteiger partial charge >= 0.3 is 0 Å². The fourth-order valence-corrected chi connectivity index (χ4v) is 5.56. The number of rotatable bonds is 7. The number of tetrazole rings is 1. The molecular formula is C21H38N6. The smallest absolute Gasteiger partial charge is 0.168 e. The van der Waals surface area contributed by atoms with Crippen LogP contribution in [0.25, 0.3) is 0 Å². The molecule has 6 heteroatoms. The molecule has 0 unspecified atom stereocenters. The third-order valence-corrected chi connectivity index (χ3v) is 7.20. The molecule has 1 aliphatic heterocycles. The Bertz CT molecular complexity index is 553. The van der Waals surface area contributed by atoms with Gasteiger partial charge in [-0.3, -0.25) is 9.80 Å². The maximum absolute atomic E-state index is 4.56. The summed E-state index contributed by atoms with van der Waals surface area (Å²) in [6, 6.07) is 1.77. The highest BCUT2D eigenvalue weighted by atomic mass is 15.6. The summed E-state index contributed by atoms with van der Waals surface area (Å²) in [4.78, 5) is 5.44. The summed E-state index contributed by atoms with van der Waals surface area (Å²) in [5.41, 5.74) is 0. The first-order valence-electron chi connectivity index (χ1n) is 11.6. The summed E-state index contributed by atoms with van der Waals surface area (Å²) >= 11 is 0. The molecule has 2 heterocycles. The lowest BCUT2D eigenvalue weighted by Crippen LogP contribution is -2.51. The number of aromatic nitrogens is 4. The van der Waals surface area contributed by atoms with Gasteiger partial charge in [0.05, 0.1) is 12.1 Å². The van der Waals surface area contributed by atoms with Gasteiger partial charge < -0.3 is 0 Å². The first kappa shape index (κ1) is 19.3. The lowest BCUT2D eigenvalue weighted by Gasteiger charge is -2.41. The zero-order chi connectivity index (χ0) is 18.5. The molecule has 0 N–H and O–H groups in total. The molecule has 27 heavy (non-hydrogen) atoms. The Morgan fingerprint density at radius 1 is 0.889 bits per heavy atom. The van der Waals surface area contributed by atoms with Crippen molar-refractivity contribution in [1.29, 1.82) is 0 Å². The maximum atomic E-state index is 4.56. The van der Waals surface area contributed by atoms with Crippen LogP contribution in [0, 0.1) is 0 Å². The van der Waals surface area contributed by atoms with Gasteiger partial charge in [0.25, 0.3) is 0 Å².